The number of ether oxygens (including phenoxy) is 2. The minimum atomic E-state index is -0.235. The zero-order valence-corrected chi connectivity index (χ0v) is 9.45. The summed E-state index contributed by atoms with van der Waals surface area (Å²) in [5.74, 6) is 0.620. The lowest BCUT2D eigenvalue weighted by Crippen LogP contribution is -2.09. The number of rotatable bonds is 2. The maximum atomic E-state index is 11.4. The van der Waals surface area contributed by atoms with E-state index in [-0.39, 0.29) is 5.97 Å². The van der Waals surface area contributed by atoms with E-state index in [0.717, 1.165) is 29.7 Å². The van der Waals surface area contributed by atoms with E-state index < -0.39 is 0 Å². The van der Waals surface area contributed by atoms with Crippen LogP contribution < -0.4 is 4.74 Å². The van der Waals surface area contributed by atoms with Crippen LogP contribution >= 0.6 is 0 Å². The van der Waals surface area contributed by atoms with Gasteiger partial charge in [0.15, 0.2) is 0 Å². The topological polar surface area (TPSA) is 35.5 Å². The van der Waals surface area contributed by atoms with Gasteiger partial charge in [-0.15, -0.1) is 0 Å². The third-order valence-electron chi connectivity index (χ3n) is 2.79. The summed E-state index contributed by atoms with van der Waals surface area (Å²) in [4.78, 5) is 11.4. The third kappa shape index (κ3) is 1.94. The number of hydrogen-bond donors (Lipinski definition) is 0. The highest BCUT2D eigenvalue weighted by molar-refractivity contribution is 5.94. The van der Waals surface area contributed by atoms with E-state index >= 15 is 0 Å². The summed E-state index contributed by atoms with van der Waals surface area (Å²) in [6, 6.07) is 5.88. The largest absolute Gasteiger partial charge is 0.497 e. The van der Waals surface area contributed by atoms with Gasteiger partial charge in [0.2, 0.25) is 0 Å². The first-order valence-electron chi connectivity index (χ1n) is 5.20. The van der Waals surface area contributed by atoms with Gasteiger partial charge in [0, 0.05) is 5.57 Å². The Morgan fingerprint density at radius 2 is 2.06 bits per heavy atom. The van der Waals surface area contributed by atoms with Crippen LogP contribution in [-0.4, -0.2) is 20.2 Å². The average Bonchev–Trinajstić information content (AvgIpc) is 2.36. The van der Waals surface area contributed by atoms with E-state index in [1.807, 2.05) is 24.3 Å². The van der Waals surface area contributed by atoms with Gasteiger partial charge in [0.1, 0.15) is 5.75 Å². The molecule has 0 amide bonds. The maximum absolute atomic E-state index is 11.4. The smallest absolute Gasteiger partial charge is 0.333 e. The summed E-state index contributed by atoms with van der Waals surface area (Å²) in [6.45, 7) is 0. The van der Waals surface area contributed by atoms with Crippen molar-refractivity contribution in [1.29, 1.82) is 0 Å². The molecule has 0 saturated carbocycles. The second-order valence-electron chi connectivity index (χ2n) is 3.73. The van der Waals surface area contributed by atoms with Gasteiger partial charge in [0.05, 0.1) is 14.2 Å². The molecule has 0 aliphatic heterocycles. The molecule has 3 heteroatoms. The lowest BCUT2D eigenvalue weighted by Gasteiger charge is -2.15. The highest BCUT2D eigenvalue weighted by Gasteiger charge is 2.16. The third-order valence-corrected chi connectivity index (χ3v) is 2.79. The van der Waals surface area contributed by atoms with Crippen molar-refractivity contribution in [3.8, 4) is 5.75 Å². The highest BCUT2D eigenvalue weighted by Crippen LogP contribution is 2.27. The molecule has 3 nitrogen and oxygen atoms in total. The predicted molar refractivity (Wildman–Crippen MR) is 61.3 cm³/mol. The first-order chi connectivity index (χ1) is 7.74. The van der Waals surface area contributed by atoms with Crippen LogP contribution in [0, 0.1) is 0 Å². The Bertz CT molecular complexity index is 446. The van der Waals surface area contributed by atoms with E-state index in [2.05, 4.69) is 0 Å². The molecule has 84 valence electrons. The van der Waals surface area contributed by atoms with Crippen LogP contribution in [0.1, 0.15) is 17.5 Å². The summed E-state index contributed by atoms with van der Waals surface area (Å²) < 4.78 is 9.88. The molecule has 0 N–H and O–H groups in total. The van der Waals surface area contributed by atoms with Crippen molar-refractivity contribution in [2.75, 3.05) is 14.2 Å². The number of methoxy groups -OCH3 is 2. The molecule has 0 spiro atoms. The molecule has 0 aromatic heterocycles. The summed E-state index contributed by atoms with van der Waals surface area (Å²) in [5, 5.41) is 0. The average molecular weight is 218 g/mol. The van der Waals surface area contributed by atoms with Gasteiger partial charge in [-0.05, 0) is 42.2 Å². The molecule has 0 atom stereocenters. The summed E-state index contributed by atoms with van der Waals surface area (Å²) in [6.07, 6.45) is 3.48. The van der Waals surface area contributed by atoms with Crippen LogP contribution in [-0.2, 0) is 16.0 Å². The highest BCUT2D eigenvalue weighted by atomic mass is 16.5. The molecule has 0 radical (unpaired) electrons. The molecule has 0 heterocycles. The van der Waals surface area contributed by atoms with Crippen molar-refractivity contribution >= 4 is 12.0 Å². The van der Waals surface area contributed by atoms with Crippen LogP contribution in [0.4, 0.5) is 0 Å². The van der Waals surface area contributed by atoms with Gasteiger partial charge in [-0.25, -0.2) is 4.79 Å². The monoisotopic (exact) mass is 218 g/mol. The molecule has 0 fully saturated rings. The minimum absolute atomic E-state index is 0.235. The van der Waals surface area contributed by atoms with Crippen molar-refractivity contribution in [2.45, 2.75) is 12.8 Å². The van der Waals surface area contributed by atoms with Crippen LogP contribution in [0.25, 0.3) is 6.08 Å². The molecule has 2 rings (SSSR count). The quantitative estimate of drug-likeness (QED) is 0.714. The molecule has 0 saturated heterocycles. The molecule has 1 aliphatic carbocycles. The van der Waals surface area contributed by atoms with E-state index in [9.17, 15) is 4.79 Å². The molecular weight excluding hydrogens is 204 g/mol. The predicted octanol–water partition coefficient (Wildman–Crippen LogP) is 2.20. The second kappa shape index (κ2) is 4.39. The van der Waals surface area contributed by atoms with Crippen LogP contribution in [0.5, 0.6) is 5.75 Å². The Morgan fingerprint density at radius 3 is 2.75 bits per heavy atom. The Kier molecular flexibility index (Phi) is 2.95. The number of carbonyl (C=O) groups is 1. The van der Waals surface area contributed by atoms with Crippen LogP contribution in [0.3, 0.4) is 0 Å². The SMILES string of the molecule is COC(=O)C1=Cc2ccc(OC)cc2CC1. The van der Waals surface area contributed by atoms with Crippen molar-refractivity contribution in [2.24, 2.45) is 0 Å². The van der Waals surface area contributed by atoms with Gasteiger partial charge < -0.3 is 9.47 Å². The van der Waals surface area contributed by atoms with Gasteiger partial charge in [0.25, 0.3) is 0 Å². The van der Waals surface area contributed by atoms with E-state index in [0.29, 0.717) is 0 Å². The zero-order chi connectivity index (χ0) is 11.5. The molecule has 1 aromatic carbocycles. The molecule has 0 unspecified atom stereocenters. The second-order valence-corrected chi connectivity index (χ2v) is 3.73. The fraction of sp³-hybridized carbons (Fsp3) is 0.308. The fourth-order valence-corrected chi connectivity index (χ4v) is 1.89. The van der Waals surface area contributed by atoms with Gasteiger partial charge in [-0.2, -0.15) is 0 Å². The van der Waals surface area contributed by atoms with Crippen LogP contribution in [0.2, 0.25) is 0 Å². The molecule has 0 bridgehead atoms. The van der Waals surface area contributed by atoms with Crippen molar-refractivity contribution < 1.29 is 14.3 Å². The minimum Gasteiger partial charge on any atom is -0.497 e. The Morgan fingerprint density at radius 1 is 1.25 bits per heavy atom. The van der Waals surface area contributed by atoms with Crippen molar-refractivity contribution in [1.82, 2.24) is 0 Å². The lowest BCUT2D eigenvalue weighted by atomic mass is 9.92. The Labute approximate surface area is 94.7 Å². The number of fused-ring (bicyclic) bond motifs is 1. The first kappa shape index (κ1) is 10.7. The lowest BCUT2D eigenvalue weighted by molar-refractivity contribution is -0.136. The zero-order valence-electron chi connectivity index (χ0n) is 9.45. The summed E-state index contributed by atoms with van der Waals surface area (Å²) >= 11 is 0. The van der Waals surface area contributed by atoms with Gasteiger partial charge in [-0.1, -0.05) is 6.07 Å². The van der Waals surface area contributed by atoms with E-state index in [1.165, 1.54) is 12.7 Å². The number of carbonyl (C=O) groups excluding carboxylic acids is 1. The molecule has 1 aromatic rings. The van der Waals surface area contributed by atoms with Crippen molar-refractivity contribution in [3.63, 3.8) is 0 Å². The molecular formula is C13H14O3. The summed E-state index contributed by atoms with van der Waals surface area (Å²) in [7, 11) is 3.06. The Hall–Kier alpha value is -1.77. The number of esters is 1. The first-order valence-corrected chi connectivity index (χ1v) is 5.20. The summed E-state index contributed by atoms with van der Waals surface area (Å²) in [5.41, 5.74) is 3.03. The van der Waals surface area contributed by atoms with Crippen LogP contribution in [0.15, 0.2) is 23.8 Å². The van der Waals surface area contributed by atoms with Crippen molar-refractivity contribution in [3.05, 3.63) is 34.9 Å². The number of benzene rings is 1. The normalized spacial score (nSPS) is 13.8. The van der Waals surface area contributed by atoms with Gasteiger partial charge >= 0.3 is 5.97 Å². The number of aryl methyl sites for hydroxylation is 1. The molecule has 1 aliphatic rings. The standard InChI is InChI=1S/C13H14O3/c1-15-12-6-5-9-7-11(13(14)16-2)4-3-10(9)8-12/h5-8H,3-4H2,1-2H3. The molecule has 16 heavy (non-hydrogen) atoms. The van der Waals surface area contributed by atoms with E-state index in [4.69, 9.17) is 9.47 Å². The maximum Gasteiger partial charge on any atom is 0.333 e. The number of hydrogen-bond acceptors (Lipinski definition) is 3. The fourth-order valence-electron chi connectivity index (χ4n) is 1.89. The van der Waals surface area contributed by atoms with Gasteiger partial charge in [-0.3, -0.25) is 0 Å². The van der Waals surface area contributed by atoms with E-state index in [1.54, 1.807) is 7.11 Å². The Balaban J connectivity index is 2.34.